The first-order chi connectivity index (χ1) is 14.0. The number of nitrogens with one attached hydrogen (secondary N) is 1. The highest BCUT2D eigenvalue weighted by atomic mass is 32.1. The Morgan fingerprint density at radius 1 is 1.10 bits per heavy atom. The Kier molecular flexibility index (Phi) is 9.57. The second kappa shape index (κ2) is 12.2. The Labute approximate surface area is 179 Å². The third-order valence-corrected chi connectivity index (χ3v) is 5.23. The molecule has 1 aromatic carbocycles. The standard InChI is InChI=1S/C23H31N3O2S/c1-3-4-5-6-7-17-24-23(29)26(2)21-10-8-9-20(25-21)19-14-11-18(12-15-19)13-16-22(27)28/h8-12,14-15H,3-7,13,16-17H2,1-2H3,(H,24,29)(H,27,28). The van der Waals surface area contributed by atoms with E-state index in [9.17, 15) is 4.79 Å². The molecule has 0 radical (unpaired) electrons. The second-order valence-corrected chi connectivity index (χ2v) is 7.56. The van der Waals surface area contributed by atoms with Gasteiger partial charge in [-0.1, -0.05) is 62.9 Å². The number of nitrogens with zero attached hydrogens (tertiary/aromatic N) is 2. The Balaban J connectivity index is 1.94. The third kappa shape index (κ3) is 7.81. The van der Waals surface area contributed by atoms with Gasteiger partial charge in [-0.25, -0.2) is 4.98 Å². The van der Waals surface area contributed by atoms with Gasteiger partial charge in [0.1, 0.15) is 5.82 Å². The van der Waals surface area contributed by atoms with Gasteiger partial charge in [0.05, 0.1) is 5.69 Å². The average Bonchev–Trinajstić information content (AvgIpc) is 2.74. The lowest BCUT2D eigenvalue weighted by atomic mass is 10.1. The minimum absolute atomic E-state index is 0.140. The number of carboxylic acid groups (broad SMARTS) is 1. The molecule has 0 saturated carbocycles. The summed E-state index contributed by atoms with van der Waals surface area (Å²) in [5.41, 5.74) is 2.87. The maximum atomic E-state index is 10.7. The molecule has 1 aromatic heterocycles. The molecule has 0 unspecified atom stereocenters. The van der Waals surface area contributed by atoms with Crippen molar-refractivity contribution >= 4 is 29.1 Å². The highest BCUT2D eigenvalue weighted by Gasteiger charge is 2.09. The van der Waals surface area contributed by atoms with Crippen molar-refractivity contribution in [1.29, 1.82) is 0 Å². The Hall–Kier alpha value is -2.47. The summed E-state index contributed by atoms with van der Waals surface area (Å²) in [5, 5.41) is 12.8. The van der Waals surface area contributed by atoms with Crippen LogP contribution < -0.4 is 10.2 Å². The predicted molar refractivity (Wildman–Crippen MR) is 123 cm³/mol. The number of hydrogen-bond acceptors (Lipinski definition) is 3. The van der Waals surface area contributed by atoms with E-state index in [0.717, 1.165) is 35.6 Å². The molecule has 0 fully saturated rings. The fraction of sp³-hybridized carbons (Fsp3) is 0.435. The first-order valence-corrected chi connectivity index (χ1v) is 10.7. The molecule has 0 bridgehead atoms. The SMILES string of the molecule is CCCCCCCNC(=S)N(C)c1cccc(-c2ccc(CCC(=O)O)cc2)n1. The number of aliphatic carboxylic acids is 1. The molecule has 2 N–H and O–H groups in total. The van der Waals surface area contributed by atoms with Crippen molar-refractivity contribution in [3.05, 3.63) is 48.0 Å². The van der Waals surface area contributed by atoms with Gasteiger partial charge in [-0.05, 0) is 42.8 Å². The van der Waals surface area contributed by atoms with Gasteiger partial charge in [0, 0.05) is 25.6 Å². The number of pyridine rings is 1. The summed E-state index contributed by atoms with van der Waals surface area (Å²) in [7, 11) is 1.92. The quantitative estimate of drug-likeness (QED) is 0.397. The zero-order valence-corrected chi connectivity index (χ0v) is 18.2. The van der Waals surface area contributed by atoms with Crippen molar-refractivity contribution in [2.24, 2.45) is 0 Å². The number of hydrogen-bond donors (Lipinski definition) is 2. The number of benzene rings is 1. The molecule has 156 valence electrons. The monoisotopic (exact) mass is 413 g/mol. The van der Waals surface area contributed by atoms with Gasteiger partial charge >= 0.3 is 5.97 Å². The van der Waals surface area contributed by atoms with Gasteiger partial charge in [0.2, 0.25) is 0 Å². The molecule has 0 aliphatic rings. The van der Waals surface area contributed by atoms with Crippen LogP contribution >= 0.6 is 12.2 Å². The van der Waals surface area contributed by atoms with Gasteiger partial charge in [-0.2, -0.15) is 0 Å². The zero-order valence-electron chi connectivity index (χ0n) is 17.4. The Morgan fingerprint density at radius 3 is 2.52 bits per heavy atom. The van der Waals surface area contributed by atoms with Gasteiger partial charge in [-0.15, -0.1) is 0 Å². The molecule has 0 spiro atoms. The van der Waals surface area contributed by atoms with E-state index in [1.807, 2.05) is 54.4 Å². The number of thiocarbonyl (C=S) groups is 1. The smallest absolute Gasteiger partial charge is 0.303 e. The molecular formula is C23H31N3O2S. The summed E-state index contributed by atoms with van der Waals surface area (Å²) in [6.07, 6.45) is 6.84. The Bertz CT molecular complexity index is 793. The molecule has 1 heterocycles. The fourth-order valence-corrected chi connectivity index (χ4v) is 3.21. The Morgan fingerprint density at radius 2 is 1.83 bits per heavy atom. The fourth-order valence-electron chi connectivity index (χ4n) is 3.01. The molecular weight excluding hydrogens is 382 g/mol. The van der Waals surface area contributed by atoms with Crippen LogP contribution in [-0.4, -0.2) is 34.8 Å². The van der Waals surface area contributed by atoms with Crippen LogP contribution in [0, 0.1) is 0 Å². The molecule has 2 rings (SSSR count). The molecule has 0 aliphatic heterocycles. The van der Waals surface area contributed by atoms with Crippen LogP contribution in [-0.2, 0) is 11.2 Å². The lowest BCUT2D eigenvalue weighted by molar-refractivity contribution is -0.136. The van der Waals surface area contributed by atoms with Crippen LogP contribution in [0.15, 0.2) is 42.5 Å². The molecule has 0 aliphatic carbocycles. The van der Waals surface area contributed by atoms with Gasteiger partial charge in [0.25, 0.3) is 0 Å². The average molecular weight is 414 g/mol. The first-order valence-electron chi connectivity index (χ1n) is 10.3. The van der Waals surface area contributed by atoms with E-state index in [2.05, 4.69) is 12.2 Å². The molecule has 0 saturated heterocycles. The topological polar surface area (TPSA) is 65.5 Å². The van der Waals surface area contributed by atoms with E-state index in [4.69, 9.17) is 22.3 Å². The third-order valence-electron chi connectivity index (χ3n) is 4.82. The molecule has 5 nitrogen and oxygen atoms in total. The molecule has 2 aromatic rings. The number of unbranched alkanes of at least 4 members (excludes halogenated alkanes) is 4. The van der Waals surface area contributed by atoms with E-state index in [0.29, 0.717) is 11.5 Å². The number of aromatic nitrogens is 1. The van der Waals surface area contributed by atoms with Gasteiger partial charge < -0.3 is 15.3 Å². The van der Waals surface area contributed by atoms with Crippen molar-refractivity contribution in [3.8, 4) is 11.3 Å². The van der Waals surface area contributed by atoms with Crippen molar-refractivity contribution in [3.63, 3.8) is 0 Å². The summed E-state index contributed by atoms with van der Waals surface area (Å²) < 4.78 is 0. The number of aryl methyl sites for hydroxylation is 1. The summed E-state index contributed by atoms with van der Waals surface area (Å²) in [6, 6.07) is 13.8. The zero-order chi connectivity index (χ0) is 21.1. The lowest BCUT2D eigenvalue weighted by Gasteiger charge is -2.20. The maximum Gasteiger partial charge on any atom is 0.303 e. The van der Waals surface area contributed by atoms with Crippen LogP contribution in [0.1, 0.15) is 51.0 Å². The molecule has 0 atom stereocenters. The summed E-state index contributed by atoms with van der Waals surface area (Å²) in [6.45, 7) is 3.10. The predicted octanol–water partition coefficient (Wildman–Crippen LogP) is 5.05. The van der Waals surface area contributed by atoms with E-state index in [-0.39, 0.29) is 6.42 Å². The van der Waals surface area contributed by atoms with E-state index in [1.54, 1.807) is 0 Å². The molecule has 0 amide bonds. The van der Waals surface area contributed by atoms with Crippen molar-refractivity contribution in [2.45, 2.75) is 51.9 Å². The number of anilines is 1. The normalized spacial score (nSPS) is 10.6. The van der Waals surface area contributed by atoms with E-state index < -0.39 is 5.97 Å². The minimum Gasteiger partial charge on any atom is -0.481 e. The van der Waals surface area contributed by atoms with Gasteiger partial charge in [0.15, 0.2) is 5.11 Å². The summed E-state index contributed by atoms with van der Waals surface area (Å²) >= 11 is 5.51. The summed E-state index contributed by atoms with van der Waals surface area (Å²) in [5.74, 6) is 0.0120. The van der Waals surface area contributed by atoms with E-state index in [1.165, 1.54) is 25.7 Å². The first kappa shape index (κ1) is 22.8. The van der Waals surface area contributed by atoms with Crippen molar-refractivity contribution in [2.75, 3.05) is 18.5 Å². The highest BCUT2D eigenvalue weighted by molar-refractivity contribution is 7.80. The minimum atomic E-state index is -0.781. The van der Waals surface area contributed by atoms with Crippen LogP contribution in [0.25, 0.3) is 11.3 Å². The molecule has 29 heavy (non-hydrogen) atoms. The maximum absolute atomic E-state index is 10.7. The second-order valence-electron chi connectivity index (χ2n) is 7.18. The van der Waals surface area contributed by atoms with Crippen LogP contribution in [0.2, 0.25) is 0 Å². The highest BCUT2D eigenvalue weighted by Crippen LogP contribution is 2.21. The van der Waals surface area contributed by atoms with Crippen LogP contribution in [0.5, 0.6) is 0 Å². The largest absolute Gasteiger partial charge is 0.481 e. The van der Waals surface area contributed by atoms with E-state index >= 15 is 0 Å². The van der Waals surface area contributed by atoms with Crippen LogP contribution in [0.3, 0.4) is 0 Å². The lowest BCUT2D eigenvalue weighted by Crippen LogP contribution is -2.38. The van der Waals surface area contributed by atoms with Gasteiger partial charge in [-0.3, -0.25) is 4.79 Å². The van der Waals surface area contributed by atoms with Crippen LogP contribution in [0.4, 0.5) is 5.82 Å². The number of rotatable bonds is 11. The molecule has 6 heteroatoms. The number of carboxylic acids is 1. The van der Waals surface area contributed by atoms with Crippen molar-refractivity contribution in [1.82, 2.24) is 10.3 Å². The van der Waals surface area contributed by atoms with Crippen molar-refractivity contribution < 1.29 is 9.90 Å². The number of carbonyl (C=O) groups is 1. The summed E-state index contributed by atoms with van der Waals surface area (Å²) in [4.78, 5) is 17.3.